The molecular weight excluding hydrogens is 469 g/mol. The van der Waals surface area contributed by atoms with E-state index < -0.39 is 11.0 Å². The first-order chi connectivity index (χ1) is 16.9. The average molecular weight is 490 g/mol. The summed E-state index contributed by atoms with van der Waals surface area (Å²) in [6.45, 7) is 3.59. The normalized spacial score (nSPS) is 12.0. The Kier molecular flexibility index (Phi) is 5.96. The maximum atomic E-state index is 13.7. The molecule has 8 nitrogen and oxygen atoms in total. The van der Waals surface area contributed by atoms with E-state index in [0.717, 1.165) is 22.1 Å². The van der Waals surface area contributed by atoms with Gasteiger partial charge in [-0.2, -0.15) is 0 Å². The summed E-state index contributed by atoms with van der Waals surface area (Å²) in [7, 11) is 0.0360. The molecule has 0 radical (unpaired) electrons. The Balaban J connectivity index is 1.57. The lowest BCUT2D eigenvalue weighted by Crippen LogP contribution is -2.05. The van der Waals surface area contributed by atoms with Gasteiger partial charge in [-0.05, 0) is 61.9 Å². The summed E-state index contributed by atoms with van der Waals surface area (Å²) in [5.74, 6) is 0.617. The van der Waals surface area contributed by atoms with Gasteiger partial charge < -0.3 is 9.26 Å². The van der Waals surface area contributed by atoms with Gasteiger partial charge in [0.15, 0.2) is 16.8 Å². The van der Waals surface area contributed by atoms with Gasteiger partial charge in [-0.1, -0.05) is 5.16 Å². The fourth-order valence-electron chi connectivity index (χ4n) is 3.80. The van der Waals surface area contributed by atoms with E-state index in [9.17, 15) is 8.60 Å². The molecular formula is C25H20FN5O3S. The monoisotopic (exact) mass is 489 g/mol. The maximum absolute atomic E-state index is 13.7. The minimum Gasteiger partial charge on any atom is -0.496 e. The van der Waals surface area contributed by atoms with E-state index in [-0.39, 0.29) is 5.82 Å². The zero-order valence-corrected chi connectivity index (χ0v) is 19.9. The average Bonchev–Trinajstić information content (AvgIpc) is 3.38. The second-order valence-electron chi connectivity index (χ2n) is 7.79. The number of ether oxygens (including phenoxy) is 1. The Morgan fingerprint density at radius 1 is 1.03 bits per heavy atom. The Morgan fingerprint density at radius 2 is 1.89 bits per heavy atom. The third kappa shape index (κ3) is 4.35. The van der Waals surface area contributed by atoms with Crippen molar-refractivity contribution in [2.75, 3.05) is 11.8 Å². The third-order valence-electron chi connectivity index (χ3n) is 5.56. The molecule has 1 unspecified atom stereocenters. The van der Waals surface area contributed by atoms with Gasteiger partial charge in [-0.3, -0.25) is 9.71 Å². The minimum atomic E-state index is -1.55. The van der Waals surface area contributed by atoms with Crippen molar-refractivity contribution in [1.82, 2.24) is 20.1 Å². The zero-order valence-electron chi connectivity index (χ0n) is 19.1. The van der Waals surface area contributed by atoms with Crippen LogP contribution in [0.1, 0.15) is 11.3 Å². The molecule has 0 saturated carbocycles. The first-order valence-electron chi connectivity index (χ1n) is 10.6. The Bertz CT molecular complexity index is 1570. The number of benzene rings is 2. The number of hydrogen-bond acceptors (Lipinski definition) is 7. The van der Waals surface area contributed by atoms with Crippen LogP contribution >= 0.6 is 0 Å². The molecule has 176 valence electrons. The standard InChI is InChI=1S/C25H20FN5O3S/c1-14-10-19(23(33-3)12-18(14)21-7-6-20(26)15(2)29-21)25-17-5-4-16(11-22(17)27-13-28-25)35(32)31-24-8-9-34-30-24/h4-13H,1-3H3,(H,30,31). The SMILES string of the molecule is COc1cc(-c2ccc(F)c(C)n2)c(C)cc1-c1ncnc2cc(S(=O)Nc3ccon3)ccc12. The number of methoxy groups -OCH3 is 1. The molecule has 1 N–H and O–H groups in total. The van der Waals surface area contributed by atoms with Crippen LogP contribution in [0.2, 0.25) is 0 Å². The predicted molar refractivity (Wildman–Crippen MR) is 131 cm³/mol. The van der Waals surface area contributed by atoms with E-state index >= 15 is 0 Å². The van der Waals surface area contributed by atoms with Crippen LogP contribution in [0.5, 0.6) is 5.75 Å². The summed E-state index contributed by atoms with van der Waals surface area (Å²) >= 11 is 0. The van der Waals surface area contributed by atoms with E-state index in [2.05, 4.69) is 24.8 Å². The van der Waals surface area contributed by atoms with Gasteiger partial charge in [0, 0.05) is 22.6 Å². The zero-order chi connectivity index (χ0) is 24.5. The van der Waals surface area contributed by atoms with Crippen molar-refractivity contribution in [3.63, 3.8) is 0 Å². The van der Waals surface area contributed by atoms with Gasteiger partial charge >= 0.3 is 0 Å². The highest BCUT2D eigenvalue weighted by Crippen LogP contribution is 2.38. The maximum Gasteiger partial charge on any atom is 0.181 e. The number of anilines is 1. The molecule has 0 amide bonds. The van der Waals surface area contributed by atoms with Crippen LogP contribution in [0.4, 0.5) is 10.2 Å². The van der Waals surface area contributed by atoms with Gasteiger partial charge in [0.25, 0.3) is 0 Å². The van der Waals surface area contributed by atoms with E-state index in [1.165, 1.54) is 18.7 Å². The predicted octanol–water partition coefficient (Wildman–Crippen LogP) is 5.25. The van der Waals surface area contributed by atoms with Crippen molar-refractivity contribution in [1.29, 1.82) is 0 Å². The molecule has 0 fully saturated rings. The molecule has 3 aromatic heterocycles. The van der Waals surface area contributed by atoms with Crippen LogP contribution in [0, 0.1) is 19.7 Å². The van der Waals surface area contributed by atoms with Crippen molar-refractivity contribution in [3.8, 4) is 28.3 Å². The fraction of sp³-hybridized carbons (Fsp3) is 0.120. The molecule has 5 aromatic rings. The van der Waals surface area contributed by atoms with Crippen LogP contribution in [0.3, 0.4) is 0 Å². The quantitative estimate of drug-likeness (QED) is 0.348. The number of hydrogen-bond donors (Lipinski definition) is 1. The van der Waals surface area contributed by atoms with Crippen molar-refractivity contribution >= 4 is 27.7 Å². The molecule has 10 heteroatoms. The van der Waals surface area contributed by atoms with Crippen LogP contribution in [-0.4, -0.2) is 31.4 Å². The number of fused-ring (bicyclic) bond motifs is 1. The van der Waals surface area contributed by atoms with E-state index in [1.54, 1.807) is 38.3 Å². The lowest BCUT2D eigenvalue weighted by Gasteiger charge is -2.15. The van der Waals surface area contributed by atoms with Crippen LogP contribution in [-0.2, 0) is 11.0 Å². The Morgan fingerprint density at radius 3 is 2.63 bits per heavy atom. The lowest BCUT2D eigenvalue weighted by atomic mass is 9.97. The van der Waals surface area contributed by atoms with Gasteiger partial charge in [-0.15, -0.1) is 0 Å². The van der Waals surface area contributed by atoms with Gasteiger partial charge in [0.1, 0.15) is 24.2 Å². The van der Waals surface area contributed by atoms with Gasteiger partial charge in [0.2, 0.25) is 0 Å². The van der Waals surface area contributed by atoms with Crippen LogP contribution < -0.4 is 9.46 Å². The van der Waals surface area contributed by atoms with Crippen molar-refractivity contribution in [2.45, 2.75) is 18.7 Å². The molecule has 2 aromatic carbocycles. The Labute approximate surface area is 202 Å². The minimum absolute atomic E-state index is 0.331. The lowest BCUT2D eigenvalue weighted by molar-refractivity contribution is 0.416. The fourth-order valence-corrected chi connectivity index (χ4v) is 4.62. The highest BCUT2D eigenvalue weighted by atomic mass is 32.2. The molecule has 0 spiro atoms. The van der Waals surface area contributed by atoms with Crippen molar-refractivity contribution < 1.29 is 17.9 Å². The molecule has 35 heavy (non-hydrogen) atoms. The smallest absolute Gasteiger partial charge is 0.181 e. The number of rotatable bonds is 6. The largest absolute Gasteiger partial charge is 0.496 e. The van der Waals surface area contributed by atoms with E-state index in [0.29, 0.717) is 39.1 Å². The summed E-state index contributed by atoms with van der Waals surface area (Å²) in [4.78, 5) is 13.8. The summed E-state index contributed by atoms with van der Waals surface area (Å²) in [5.41, 5.74) is 4.83. The molecule has 0 aliphatic rings. The first-order valence-corrected chi connectivity index (χ1v) is 11.8. The summed E-state index contributed by atoms with van der Waals surface area (Å²) in [5, 5.41) is 4.50. The van der Waals surface area contributed by atoms with Gasteiger partial charge in [-0.25, -0.2) is 18.6 Å². The molecule has 3 heterocycles. The molecule has 0 bridgehead atoms. The number of halogens is 1. The van der Waals surface area contributed by atoms with E-state index in [4.69, 9.17) is 9.26 Å². The van der Waals surface area contributed by atoms with Crippen molar-refractivity contribution in [3.05, 3.63) is 78.2 Å². The number of aromatic nitrogens is 4. The number of nitrogens with one attached hydrogen (secondary N) is 1. The van der Waals surface area contributed by atoms with Crippen LogP contribution in [0.25, 0.3) is 33.4 Å². The highest BCUT2D eigenvalue weighted by molar-refractivity contribution is 7.86. The third-order valence-corrected chi connectivity index (χ3v) is 6.63. The number of nitrogens with zero attached hydrogens (tertiary/aromatic N) is 4. The molecule has 0 saturated heterocycles. The summed E-state index contributed by atoms with van der Waals surface area (Å²) in [6.07, 6.45) is 2.86. The Hall–Kier alpha value is -4.18. The van der Waals surface area contributed by atoms with Gasteiger partial charge in [0.05, 0.1) is 34.6 Å². The van der Waals surface area contributed by atoms with Crippen molar-refractivity contribution in [2.24, 2.45) is 0 Å². The molecule has 5 rings (SSSR count). The molecule has 0 aliphatic carbocycles. The van der Waals surface area contributed by atoms with E-state index in [1.807, 2.05) is 25.1 Å². The number of pyridine rings is 1. The molecule has 1 atom stereocenters. The number of aryl methyl sites for hydroxylation is 2. The van der Waals surface area contributed by atoms with Crippen LogP contribution in [0.15, 0.2) is 70.5 Å². The topological polar surface area (TPSA) is 103 Å². The summed E-state index contributed by atoms with van der Waals surface area (Å²) < 4.78 is 39.7. The summed E-state index contributed by atoms with van der Waals surface area (Å²) in [6, 6.07) is 13.8. The molecule has 0 aliphatic heterocycles. The highest BCUT2D eigenvalue weighted by Gasteiger charge is 2.17. The first kappa shape index (κ1) is 22.6. The second kappa shape index (κ2) is 9.22. The second-order valence-corrected chi connectivity index (χ2v) is 9.00.